The first kappa shape index (κ1) is 21.4. The van der Waals surface area contributed by atoms with Crippen LogP contribution in [-0.4, -0.2) is 12.6 Å². The average Bonchev–Trinajstić information content (AvgIpc) is 3.11. The van der Waals surface area contributed by atoms with Crippen molar-refractivity contribution in [3.8, 4) is 11.1 Å². The van der Waals surface area contributed by atoms with Gasteiger partial charge in [-0.3, -0.25) is 0 Å². The molecule has 1 heterocycles. The first-order chi connectivity index (χ1) is 14.8. The van der Waals surface area contributed by atoms with E-state index in [-0.39, 0.29) is 17.2 Å². The maximum atomic E-state index is 14.5. The number of esters is 1. The van der Waals surface area contributed by atoms with Crippen LogP contribution >= 0.6 is 22.9 Å². The summed E-state index contributed by atoms with van der Waals surface area (Å²) in [5.74, 6) is -2.08. The van der Waals surface area contributed by atoms with Gasteiger partial charge in [0.25, 0.3) is 0 Å². The minimum absolute atomic E-state index is 0.0838. The van der Waals surface area contributed by atoms with Gasteiger partial charge >= 0.3 is 5.97 Å². The van der Waals surface area contributed by atoms with E-state index in [1.165, 1.54) is 41.7 Å². The van der Waals surface area contributed by atoms with Gasteiger partial charge < -0.3 is 4.74 Å². The molecule has 0 unspecified atom stereocenters. The van der Waals surface area contributed by atoms with Gasteiger partial charge in [0.05, 0.1) is 12.2 Å². The standard InChI is InChI=1S/C24H16ClF3O2S/c1-2-30-24(29)15-8-14(9-18(27)10-15)20-3-4-22(28)21-12-19(31-23(20)21)7-13-5-16(25)11-17(26)6-13/h3-6,8-12H,2,7H2,1H3. The van der Waals surface area contributed by atoms with Crippen LogP contribution in [0.4, 0.5) is 13.2 Å². The lowest BCUT2D eigenvalue weighted by Crippen LogP contribution is -2.05. The molecular weight excluding hydrogens is 445 g/mol. The van der Waals surface area contributed by atoms with Gasteiger partial charge in [-0.2, -0.15) is 0 Å². The van der Waals surface area contributed by atoms with Crippen molar-refractivity contribution in [2.24, 2.45) is 0 Å². The maximum Gasteiger partial charge on any atom is 0.338 e. The summed E-state index contributed by atoms with van der Waals surface area (Å²) in [5, 5.41) is 0.663. The van der Waals surface area contributed by atoms with Gasteiger partial charge in [0.15, 0.2) is 0 Å². The van der Waals surface area contributed by atoms with Crippen LogP contribution in [0.25, 0.3) is 21.2 Å². The third kappa shape index (κ3) is 4.60. The molecular formula is C24H16ClF3O2S. The van der Waals surface area contributed by atoms with E-state index in [2.05, 4.69) is 0 Å². The molecule has 0 aliphatic carbocycles. The summed E-state index contributed by atoms with van der Waals surface area (Å²) >= 11 is 7.26. The second-order valence-electron chi connectivity index (χ2n) is 6.95. The van der Waals surface area contributed by atoms with Crippen molar-refractivity contribution in [3.05, 3.63) is 93.1 Å². The lowest BCUT2D eigenvalue weighted by Gasteiger charge is -2.08. The molecule has 0 bridgehead atoms. The maximum absolute atomic E-state index is 14.5. The van der Waals surface area contributed by atoms with E-state index in [0.29, 0.717) is 33.2 Å². The lowest BCUT2D eigenvalue weighted by atomic mass is 10.0. The lowest BCUT2D eigenvalue weighted by molar-refractivity contribution is 0.0526. The number of ether oxygens (including phenoxy) is 1. The summed E-state index contributed by atoms with van der Waals surface area (Å²) in [5.41, 5.74) is 1.78. The summed E-state index contributed by atoms with van der Waals surface area (Å²) in [6.45, 7) is 1.84. The van der Waals surface area contributed by atoms with Gasteiger partial charge in [-0.1, -0.05) is 17.7 Å². The van der Waals surface area contributed by atoms with E-state index < -0.39 is 23.4 Å². The molecule has 2 nitrogen and oxygen atoms in total. The molecule has 0 atom stereocenters. The summed E-state index contributed by atoms with van der Waals surface area (Å²) < 4.78 is 48.0. The molecule has 4 rings (SSSR count). The third-order valence-electron chi connectivity index (χ3n) is 4.70. The molecule has 0 aliphatic heterocycles. The summed E-state index contributed by atoms with van der Waals surface area (Å²) in [6, 6.07) is 12.7. The number of fused-ring (bicyclic) bond motifs is 1. The highest BCUT2D eigenvalue weighted by Crippen LogP contribution is 2.38. The van der Waals surface area contributed by atoms with Crippen molar-refractivity contribution in [1.82, 2.24) is 0 Å². The number of benzene rings is 3. The summed E-state index contributed by atoms with van der Waals surface area (Å²) in [4.78, 5) is 12.9. The Morgan fingerprint density at radius 3 is 2.52 bits per heavy atom. The zero-order valence-corrected chi connectivity index (χ0v) is 17.9. The minimum atomic E-state index is -0.628. The number of halogens is 4. The van der Waals surface area contributed by atoms with Crippen molar-refractivity contribution in [3.63, 3.8) is 0 Å². The van der Waals surface area contributed by atoms with E-state index in [0.717, 1.165) is 10.9 Å². The largest absolute Gasteiger partial charge is 0.462 e. The van der Waals surface area contributed by atoms with Crippen LogP contribution in [-0.2, 0) is 11.2 Å². The minimum Gasteiger partial charge on any atom is -0.462 e. The Morgan fingerprint density at radius 1 is 1.00 bits per heavy atom. The first-order valence-corrected chi connectivity index (χ1v) is 10.7. The number of hydrogen-bond acceptors (Lipinski definition) is 3. The highest BCUT2D eigenvalue weighted by Gasteiger charge is 2.16. The molecule has 0 spiro atoms. The van der Waals surface area contributed by atoms with Gasteiger partial charge in [-0.15, -0.1) is 11.3 Å². The number of carbonyl (C=O) groups excluding carboxylic acids is 1. The highest BCUT2D eigenvalue weighted by atomic mass is 35.5. The Labute approximate surface area is 185 Å². The monoisotopic (exact) mass is 460 g/mol. The van der Waals surface area contributed by atoms with Gasteiger partial charge in [-0.05, 0) is 72.1 Å². The molecule has 31 heavy (non-hydrogen) atoms. The van der Waals surface area contributed by atoms with Crippen LogP contribution in [0.5, 0.6) is 0 Å². The Hall–Kier alpha value is -2.83. The van der Waals surface area contributed by atoms with Crippen molar-refractivity contribution in [2.45, 2.75) is 13.3 Å². The van der Waals surface area contributed by atoms with E-state index in [4.69, 9.17) is 16.3 Å². The molecule has 3 aromatic carbocycles. The van der Waals surface area contributed by atoms with Gasteiger partial charge in [0.2, 0.25) is 0 Å². The molecule has 0 fully saturated rings. The van der Waals surface area contributed by atoms with Crippen molar-refractivity contribution in [1.29, 1.82) is 0 Å². The van der Waals surface area contributed by atoms with Crippen LogP contribution < -0.4 is 0 Å². The molecule has 1 aromatic heterocycles. The number of hydrogen-bond donors (Lipinski definition) is 0. The van der Waals surface area contributed by atoms with E-state index in [9.17, 15) is 18.0 Å². The van der Waals surface area contributed by atoms with Crippen molar-refractivity contribution < 1.29 is 22.7 Å². The van der Waals surface area contributed by atoms with Gasteiger partial charge in [0.1, 0.15) is 17.5 Å². The smallest absolute Gasteiger partial charge is 0.338 e. The highest BCUT2D eigenvalue weighted by molar-refractivity contribution is 7.19. The van der Waals surface area contributed by atoms with E-state index in [1.54, 1.807) is 25.1 Å². The zero-order valence-electron chi connectivity index (χ0n) is 16.3. The Kier molecular flexibility index (Phi) is 6.03. The quantitative estimate of drug-likeness (QED) is 0.290. The predicted octanol–water partition coefficient (Wildman–Crippen LogP) is 7.41. The molecule has 7 heteroatoms. The molecule has 158 valence electrons. The Bertz CT molecular complexity index is 1280. The van der Waals surface area contributed by atoms with Crippen LogP contribution in [0.2, 0.25) is 5.02 Å². The third-order valence-corrected chi connectivity index (χ3v) is 6.09. The van der Waals surface area contributed by atoms with Crippen molar-refractivity contribution in [2.75, 3.05) is 6.61 Å². The second-order valence-corrected chi connectivity index (χ2v) is 8.53. The topological polar surface area (TPSA) is 26.3 Å². The number of carbonyl (C=O) groups is 1. The molecule has 0 aliphatic rings. The van der Waals surface area contributed by atoms with Gasteiger partial charge in [0, 0.05) is 26.4 Å². The average molecular weight is 461 g/mol. The Balaban J connectivity index is 1.79. The van der Waals surface area contributed by atoms with Crippen LogP contribution in [0.1, 0.15) is 27.7 Å². The van der Waals surface area contributed by atoms with Crippen molar-refractivity contribution >= 4 is 39.0 Å². The summed E-state index contributed by atoms with van der Waals surface area (Å²) in [6.07, 6.45) is 0.368. The summed E-state index contributed by atoms with van der Waals surface area (Å²) in [7, 11) is 0. The first-order valence-electron chi connectivity index (χ1n) is 9.48. The number of rotatable bonds is 5. The SMILES string of the molecule is CCOC(=O)c1cc(F)cc(-c2ccc(F)c3cc(Cc4cc(F)cc(Cl)c4)sc23)c1. The van der Waals surface area contributed by atoms with Gasteiger partial charge in [-0.25, -0.2) is 18.0 Å². The van der Waals surface area contributed by atoms with E-state index in [1.807, 2.05) is 0 Å². The normalized spacial score (nSPS) is 11.1. The van der Waals surface area contributed by atoms with Crippen LogP contribution in [0.3, 0.4) is 0 Å². The predicted molar refractivity (Wildman–Crippen MR) is 117 cm³/mol. The Morgan fingerprint density at radius 2 is 1.77 bits per heavy atom. The second kappa shape index (κ2) is 8.73. The molecule has 0 N–H and O–H groups in total. The van der Waals surface area contributed by atoms with Crippen LogP contribution in [0.15, 0.2) is 54.6 Å². The van der Waals surface area contributed by atoms with Crippen LogP contribution in [0, 0.1) is 17.5 Å². The molecule has 0 amide bonds. The molecule has 0 radical (unpaired) electrons. The zero-order chi connectivity index (χ0) is 22.1. The van der Waals surface area contributed by atoms with E-state index >= 15 is 0 Å². The fraction of sp³-hybridized carbons (Fsp3) is 0.125. The fourth-order valence-electron chi connectivity index (χ4n) is 3.45. The number of thiophene rings is 1. The molecule has 0 saturated heterocycles. The molecule has 4 aromatic rings. The fourth-order valence-corrected chi connectivity index (χ4v) is 4.93. The molecule has 0 saturated carbocycles.